The molecule has 1 aromatic heterocycles. The lowest BCUT2D eigenvalue weighted by Crippen LogP contribution is -2.15. The molecule has 2 heterocycles. The van der Waals surface area contributed by atoms with Gasteiger partial charge in [-0.15, -0.1) is 0 Å². The van der Waals surface area contributed by atoms with Crippen LogP contribution in [0, 0.1) is 0 Å². The van der Waals surface area contributed by atoms with E-state index in [1.54, 1.807) is 12.1 Å². The second-order valence-corrected chi connectivity index (χ2v) is 7.38. The van der Waals surface area contributed by atoms with E-state index in [0.29, 0.717) is 13.2 Å². The molecule has 0 unspecified atom stereocenters. The van der Waals surface area contributed by atoms with E-state index in [9.17, 15) is 5.11 Å². The third-order valence-electron chi connectivity index (χ3n) is 5.63. The molecule has 0 atom stereocenters. The number of hydrogen-bond donors (Lipinski definition) is 2. The topological polar surface area (TPSA) is 67.4 Å². The van der Waals surface area contributed by atoms with Gasteiger partial charge in [0.15, 0.2) is 11.5 Å². The van der Waals surface area contributed by atoms with E-state index in [4.69, 9.17) is 9.47 Å². The molecule has 5 heteroatoms. The Kier molecular flexibility index (Phi) is 3.44. The van der Waals surface area contributed by atoms with Gasteiger partial charge < -0.3 is 14.6 Å². The third-order valence-corrected chi connectivity index (χ3v) is 5.63. The van der Waals surface area contributed by atoms with Crippen molar-refractivity contribution in [1.29, 1.82) is 0 Å². The van der Waals surface area contributed by atoms with Crippen molar-refractivity contribution in [2.24, 2.45) is 0 Å². The molecule has 0 saturated carbocycles. The lowest BCUT2D eigenvalue weighted by Gasteiger charge is -2.19. The number of aromatic amines is 1. The summed E-state index contributed by atoms with van der Waals surface area (Å²) < 4.78 is 11.5. The highest BCUT2D eigenvalue weighted by Gasteiger charge is 2.28. The van der Waals surface area contributed by atoms with Crippen LogP contribution in [0.25, 0.3) is 33.6 Å². The summed E-state index contributed by atoms with van der Waals surface area (Å²) in [5, 5.41) is 17.3. The predicted octanol–water partition coefficient (Wildman–Crippen LogP) is 4.79. The Morgan fingerprint density at radius 2 is 1.41 bits per heavy atom. The van der Waals surface area contributed by atoms with Gasteiger partial charge in [-0.1, -0.05) is 36.4 Å². The van der Waals surface area contributed by atoms with Gasteiger partial charge in [-0.05, 0) is 41.0 Å². The lowest BCUT2D eigenvalue weighted by molar-refractivity contribution is 0.171. The van der Waals surface area contributed by atoms with Gasteiger partial charge in [-0.3, -0.25) is 5.10 Å². The number of rotatable bonds is 2. The number of phenols is 1. The first kappa shape index (κ1) is 16.2. The summed E-state index contributed by atoms with van der Waals surface area (Å²) in [6.07, 6.45) is 0.826. The van der Waals surface area contributed by atoms with E-state index in [2.05, 4.69) is 46.6 Å². The molecule has 5 nitrogen and oxygen atoms in total. The minimum absolute atomic E-state index is 0.273. The second-order valence-electron chi connectivity index (χ2n) is 7.38. The summed E-state index contributed by atoms with van der Waals surface area (Å²) >= 11 is 0. The quantitative estimate of drug-likeness (QED) is 0.461. The van der Waals surface area contributed by atoms with Crippen LogP contribution in [0.5, 0.6) is 17.2 Å². The average molecular weight is 382 g/mol. The number of benzene rings is 3. The maximum absolute atomic E-state index is 9.48. The van der Waals surface area contributed by atoms with Crippen LogP contribution in [-0.2, 0) is 6.42 Å². The van der Waals surface area contributed by atoms with E-state index < -0.39 is 0 Å². The van der Waals surface area contributed by atoms with E-state index in [1.165, 1.54) is 11.1 Å². The minimum atomic E-state index is 0.273. The van der Waals surface area contributed by atoms with E-state index in [0.717, 1.165) is 51.6 Å². The van der Waals surface area contributed by atoms with E-state index in [1.807, 2.05) is 12.1 Å². The second kappa shape index (κ2) is 6.14. The molecular weight excluding hydrogens is 364 g/mol. The maximum Gasteiger partial charge on any atom is 0.162 e. The molecule has 3 aromatic carbocycles. The molecule has 0 spiro atoms. The van der Waals surface area contributed by atoms with Crippen LogP contribution < -0.4 is 9.47 Å². The Hall–Kier alpha value is -3.73. The number of aromatic hydroxyl groups is 1. The molecule has 142 valence electrons. The molecule has 4 aromatic rings. The Morgan fingerprint density at radius 3 is 2.14 bits per heavy atom. The SMILES string of the molecule is Oc1ccc(-c2ccc(-c3n[nH]c4c3Cc3cc5c(cc3-4)OCCO5)cc2)cc1. The van der Waals surface area contributed by atoms with Crippen molar-refractivity contribution in [3.63, 3.8) is 0 Å². The predicted molar refractivity (Wildman–Crippen MR) is 110 cm³/mol. The molecule has 0 amide bonds. The normalized spacial score (nSPS) is 13.8. The highest BCUT2D eigenvalue weighted by molar-refractivity contribution is 5.83. The van der Waals surface area contributed by atoms with Crippen LogP contribution in [-0.4, -0.2) is 28.5 Å². The molecule has 2 N–H and O–H groups in total. The number of hydrogen-bond acceptors (Lipinski definition) is 4. The van der Waals surface area contributed by atoms with Crippen LogP contribution in [0.3, 0.4) is 0 Å². The molecule has 29 heavy (non-hydrogen) atoms. The highest BCUT2D eigenvalue weighted by Crippen LogP contribution is 2.45. The van der Waals surface area contributed by atoms with Crippen molar-refractivity contribution in [3.05, 3.63) is 71.8 Å². The lowest BCUT2D eigenvalue weighted by atomic mass is 10.0. The van der Waals surface area contributed by atoms with Crippen molar-refractivity contribution in [2.45, 2.75) is 6.42 Å². The molecule has 0 radical (unpaired) electrons. The molecule has 1 aliphatic carbocycles. The summed E-state index contributed by atoms with van der Waals surface area (Å²) in [5.41, 5.74) is 8.88. The van der Waals surface area contributed by atoms with Crippen LogP contribution in [0.2, 0.25) is 0 Å². The molecule has 1 aliphatic heterocycles. The molecule has 2 aliphatic rings. The van der Waals surface area contributed by atoms with Crippen LogP contribution in [0.15, 0.2) is 60.7 Å². The number of ether oxygens (including phenoxy) is 2. The first-order valence-electron chi connectivity index (χ1n) is 9.66. The highest BCUT2D eigenvalue weighted by atomic mass is 16.6. The standard InChI is InChI=1S/C24H18N2O3/c27-18-7-5-15(6-8-18)14-1-3-16(4-2-14)23-20-11-17-12-21-22(29-10-9-28-21)13-19(17)24(20)26-25-23/h1-8,12-13,27H,9-11H2,(H,25,26). The number of aromatic nitrogens is 2. The zero-order valence-corrected chi connectivity index (χ0v) is 15.6. The fourth-order valence-electron chi connectivity index (χ4n) is 4.17. The van der Waals surface area contributed by atoms with Crippen LogP contribution >= 0.6 is 0 Å². The average Bonchev–Trinajstić information content (AvgIpc) is 3.32. The molecule has 0 saturated heterocycles. The number of nitrogens with one attached hydrogen (secondary N) is 1. The van der Waals surface area contributed by atoms with Gasteiger partial charge in [0.05, 0.1) is 11.4 Å². The minimum Gasteiger partial charge on any atom is -0.508 e. The van der Waals surface area contributed by atoms with Gasteiger partial charge in [0.2, 0.25) is 0 Å². The molecule has 0 fully saturated rings. The monoisotopic (exact) mass is 382 g/mol. The number of phenolic OH excluding ortho intramolecular Hbond substituents is 1. The number of H-pyrrole nitrogens is 1. The van der Waals surface area contributed by atoms with Gasteiger partial charge in [0.1, 0.15) is 19.0 Å². The first-order valence-corrected chi connectivity index (χ1v) is 9.66. The van der Waals surface area contributed by atoms with Gasteiger partial charge in [0, 0.05) is 23.1 Å². The van der Waals surface area contributed by atoms with Gasteiger partial charge in [-0.25, -0.2) is 0 Å². The van der Waals surface area contributed by atoms with Gasteiger partial charge in [0.25, 0.3) is 0 Å². The smallest absolute Gasteiger partial charge is 0.162 e. The van der Waals surface area contributed by atoms with E-state index >= 15 is 0 Å². The summed E-state index contributed by atoms with van der Waals surface area (Å²) in [6, 6.07) is 19.8. The maximum atomic E-state index is 9.48. The summed E-state index contributed by atoms with van der Waals surface area (Å²) in [7, 11) is 0. The Labute approximate surface area is 167 Å². The van der Waals surface area contributed by atoms with Gasteiger partial charge >= 0.3 is 0 Å². The summed E-state index contributed by atoms with van der Waals surface area (Å²) in [6.45, 7) is 1.18. The van der Waals surface area contributed by atoms with Crippen LogP contribution in [0.1, 0.15) is 11.1 Å². The number of nitrogens with zero attached hydrogens (tertiary/aromatic N) is 1. The number of fused-ring (bicyclic) bond motifs is 4. The third kappa shape index (κ3) is 2.58. The fourth-order valence-corrected chi connectivity index (χ4v) is 4.17. The van der Waals surface area contributed by atoms with Crippen molar-refractivity contribution in [1.82, 2.24) is 10.2 Å². The Balaban J connectivity index is 1.35. The first-order chi connectivity index (χ1) is 14.3. The summed E-state index contributed by atoms with van der Waals surface area (Å²) in [5.74, 6) is 1.90. The zero-order valence-electron chi connectivity index (χ0n) is 15.6. The van der Waals surface area contributed by atoms with Crippen molar-refractivity contribution >= 4 is 0 Å². The van der Waals surface area contributed by atoms with Crippen molar-refractivity contribution < 1.29 is 14.6 Å². The Bertz CT molecular complexity index is 1220. The zero-order chi connectivity index (χ0) is 19.4. The summed E-state index contributed by atoms with van der Waals surface area (Å²) in [4.78, 5) is 0. The van der Waals surface area contributed by atoms with Crippen LogP contribution in [0.4, 0.5) is 0 Å². The fraction of sp³-hybridized carbons (Fsp3) is 0.125. The van der Waals surface area contributed by atoms with Gasteiger partial charge in [-0.2, -0.15) is 5.10 Å². The van der Waals surface area contributed by atoms with E-state index in [-0.39, 0.29) is 5.75 Å². The van der Waals surface area contributed by atoms with Crippen molar-refractivity contribution in [3.8, 4) is 50.9 Å². The largest absolute Gasteiger partial charge is 0.508 e. The Morgan fingerprint density at radius 1 is 0.793 bits per heavy atom. The molecular formula is C24H18N2O3. The van der Waals surface area contributed by atoms with Crippen molar-refractivity contribution in [2.75, 3.05) is 13.2 Å². The molecule has 6 rings (SSSR count). The molecule has 0 bridgehead atoms.